The van der Waals surface area contributed by atoms with Crippen LogP contribution in [0.3, 0.4) is 0 Å². The molecule has 0 amide bonds. The number of fused-ring (bicyclic) bond motifs is 1. The van der Waals surface area contributed by atoms with Crippen molar-refractivity contribution in [3.63, 3.8) is 0 Å². The van der Waals surface area contributed by atoms with Crippen molar-refractivity contribution in [3.05, 3.63) is 0 Å². The fourth-order valence-corrected chi connectivity index (χ4v) is 2.19. The van der Waals surface area contributed by atoms with Crippen molar-refractivity contribution in [1.82, 2.24) is 4.90 Å². The van der Waals surface area contributed by atoms with E-state index in [9.17, 15) is 4.79 Å². The number of carboxylic acid groups (broad SMARTS) is 1. The lowest BCUT2D eigenvalue weighted by molar-refractivity contribution is -0.145. The Bertz CT molecular complexity index is 257. The molecule has 0 spiro atoms. The molecule has 1 N–H and O–H groups in total. The van der Waals surface area contributed by atoms with Crippen LogP contribution in [-0.2, 0) is 4.79 Å². The summed E-state index contributed by atoms with van der Waals surface area (Å²) in [6.45, 7) is 7.37. The third-order valence-electron chi connectivity index (χ3n) is 3.73. The van der Waals surface area contributed by atoms with Crippen molar-refractivity contribution in [2.45, 2.75) is 58.5 Å². The number of rotatable bonds is 0. The fraction of sp³-hybridized carbons (Fsp3) is 0.917. The largest absolute Gasteiger partial charge is 0.481 e. The lowest BCUT2D eigenvalue weighted by Gasteiger charge is -2.08. The van der Waals surface area contributed by atoms with Gasteiger partial charge in [-0.25, -0.2) is 0 Å². The molecule has 88 valence electrons. The van der Waals surface area contributed by atoms with E-state index in [0.29, 0.717) is 5.54 Å². The van der Waals surface area contributed by atoms with Gasteiger partial charge in [-0.15, -0.1) is 0 Å². The van der Waals surface area contributed by atoms with Crippen molar-refractivity contribution in [2.75, 3.05) is 7.05 Å². The van der Waals surface area contributed by atoms with Gasteiger partial charge in [-0.05, 0) is 54.0 Å². The Morgan fingerprint density at radius 3 is 2.07 bits per heavy atom. The third kappa shape index (κ3) is 2.51. The molecule has 2 aliphatic rings. The molecule has 0 bridgehead atoms. The molecule has 1 heterocycles. The molecule has 1 saturated heterocycles. The molecular formula is C12H23NO2. The van der Waals surface area contributed by atoms with Gasteiger partial charge < -0.3 is 5.11 Å². The normalized spacial score (nSPS) is 37.7. The van der Waals surface area contributed by atoms with Crippen LogP contribution in [0.2, 0.25) is 0 Å². The van der Waals surface area contributed by atoms with Gasteiger partial charge in [0.1, 0.15) is 0 Å². The lowest BCUT2D eigenvalue weighted by atomic mass is 9.98. The van der Waals surface area contributed by atoms with E-state index in [1.165, 1.54) is 19.3 Å². The van der Waals surface area contributed by atoms with Gasteiger partial charge in [0, 0.05) is 11.6 Å². The second-order valence-corrected chi connectivity index (χ2v) is 5.93. The predicted molar refractivity (Wildman–Crippen MR) is 60.9 cm³/mol. The van der Waals surface area contributed by atoms with Gasteiger partial charge in [-0.3, -0.25) is 9.69 Å². The van der Waals surface area contributed by atoms with E-state index in [1.807, 2.05) is 0 Å². The molecule has 2 fully saturated rings. The zero-order chi connectivity index (χ0) is 11.9. The van der Waals surface area contributed by atoms with Crippen molar-refractivity contribution in [1.29, 1.82) is 0 Å². The lowest BCUT2D eigenvalue weighted by Crippen LogP contribution is -2.18. The first-order valence-corrected chi connectivity index (χ1v) is 5.66. The highest BCUT2D eigenvalue weighted by Gasteiger charge is 2.58. The van der Waals surface area contributed by atoms with Crippen LogP contribution in [0.15, 0.2) is 0 Å². The Morgan fingerprint density at radius 1 is 1.47 bits per heavy atom. The molecule has 0 aromatic carbocycles. The minimum absolute atomic E-state index is 0.583. The Morgan fingerprint density at radius 2 is 1.93 bits per heavy atom. The Hall–Kier alpha value is -0.570. The SMILES string of the molecule is CC(C)(C)C(=O)O.CN1C2CCCC21C. The Labute approximate surface area is 92.5 Å². The average molecular weight is 213 g/mol. The number of likely N-dealkylation sites (tertiary alicyclic amines) is 1. The standard InChI is InChI=1S/C7H13N.C5H10O2/c1-7-5-3-4-6(7)8(7)2;1-5(2,3)4(6)7/h6H,3-5H2,1-2H3;1-3H3,(H,6,7). The number of piperidine rings is 1. The summed E-state index contributed by atoms with van der Waals surface area (Å²) in [7, 11) is 2.24. The number of aliphatic carboxylic acids is 1. The highest BCUT2D eigenvalue weighted by atomic mass is 16.4. The minimum Gasteiger partial charge on any atom is -0.481 e. The quantitative estimate of drug-likeness (QED) is 0.628. The van der Waals surface area contributed by atoms with Crippen LogP contribution in [0.4, 0.5) is 0 Å². The van der Waals surface area contributed by atoms with Crippen LogP contribution in [0.25, 0.3) is 0 Å². The summed E-state index contributed by atoms with van der Waals surface area (Å²) in [4.78, 5) is 12.5. The maximum atomic E-state index is 10.0. The Kier molecular flexibility index (Phi) is 3.15. The van der Waals surface area contributed by atoms with Crippen LogP contribution < -0.4 is 0 Å². The van der Waals surface area contributed by atoms with E-state index in [2.05, 4.69) is 18.9 Å². The monoisotopic (exact) mass is 213 g/mol. The number of carboxylic acids is 1. The van der Waals surface area contributed by atoms with Crippen molar-refractivity contribution in [2.24, 2.45) is 5.41 Å². The zero-order valence-electron chi connectivity index (χ0n) is 10.5. The second kappa shape index (κ2) is 3.78. The van der Waals surface area contributed by atoms with Crippen molar-refractivity contribution < 1.29 is 9.90 Å². The smallest absolute Gasteiger partial charge is 0.308 e. The summed E-state index contributed by atoms with van der Waals surface area (Å²) < 4.78 is 0. The minimum atomic E-state index is -0.757. The van der Waals surface area contributed by atoms with E-state index in [-0.39, 0.29) is 0 Å². The summed E-state index contributed by atoms with van der Waals surface area (Å²) >= 11 is 0. The molecule has 3 nitrogen and oxygen atoms in total. The summed E-state index contributed by atoms with van der Waals surface area (Å²) in [5.41, 5.74) is 0.0694. The van der Waals surface area contributed by atoms with E-state index < -0.39 is 11.4 Å². The average Bonchev–Trinajstić information content (AvgIpc) is 2.43. The molecule has 1 aliphatic carbocycles. The van der Waals surface area contributed by atoms with Gasteiger partial charge in [0.05, 0.1) is 5.41 Å². The van der Waals surface area contributed by atoms with Crippen molar-refractivity contribution >= 4 is 5.97 Å². The highest BCUT2D eigenvalue weighted by molar-refractivity contribution is 5.72. The molecule has 15 heavy (non-hydrogen) atoms. The van der Waals surface area contributed by atoms with Crippen LogP contribution in [-0.4, -0.2) is 34.6 Å². The van der Waals surface area contributed by atoms with Crippen LogP contribution >= 0.6 is 0 Å². The van der Waals surface area contributed by atoms with E-state index in [0.717, 1.165) is 6.04 Å². The van der Waals surface area contributed by atoms with Gasteiger partial charge >= 0.3 is 5.97 Å². The Balaban J connectivity index is 0.000000153. The summed E-state index contributed by atoms with van der Waals surface area (Å²) in [5.74, 6) is -0.757. The molecule has 1 saturated carbocycles. The van der Waals surface area contributed by atoms with E-state index in [1.54, 1.807) is 20.8 Å². The van der Waals surface area contributed by atoms with Gasteiger partial charge in [0.25, 0.3) is 0 Å². The maximum Gasteiger partial charge on any atom is 0.308 e. The molecular weight excluding hydrogens is 190 g/mol. The maximum absolute atomic E-state index is 10.0. The third-order valence-corrected chi connectivity index (χ3v) is 3.73. The second-order valence-electron chi connectivity index (χ2n) is 5.93. The number of nitrogens with zero attached hydrogens (tertiary/aromatic N) is 1. The molecule has 3 heteroatoms. The molecule has 3 unspecified atom stereocenters. The topological polar surface area (TPSA) is 40.3 Å². The number of carbonyl (C=O) groups is 1. The highest BCUT2D eigenvalue weighted by Crippen LogP contribution is 2.50. The van der Waals surface area contributed by atoms with Crippen LogP contribution in [0.5, 0.6) is 0 Å². The van der Waals surface area contributed by atoms with Crippen LogP contribution in [0.1, 0.15) is 47.0 Å². The molecule has 2 rings (SSSR count). The molecule has 0 aromatic rings. The summed E-state index contributed by atoms with van der Waals surface area (Å²) in [6.07, 6.45) is 4.35. The molecule has 0 aromatic heterocycles. The molecule has 1 aliphatic heterocycles. The van der Waals surface area contributed by atoms with Crippen molar-refractivity contribution in [3.8, 4) is 0 Å². The zero-order valence-corrected chi connectivity index (χ0v) is 10.5. The molecule has 0 radical (unpaired) electrons. The number of hydrogen-bond donors (Lipinski definition) is 1. The van der Waals surface area contributed by atoms with Gasteiger partial charge in [-0.2, -0.15) is 0 Å². The first-order chi connectivity index (χ1) is 6.69. The number of hydrogen-bond acceptors (Lipinski definition) is 2. The first-order valence-electron chi connectivity index (χ1n) is 5.66. The number of likely N-dealkylation sites (N-methyl/N-ethyl adjacent to an activating group) is 1. The van der Waals surface area contributed by atoms with Gasteiger partial charge in [0.2, 0.25) is 0 Å². The fourth-order valence-electron chi connectivity index (χ4n) is 2.19. The van der Waals surface area contributed by atoms with Gasteiger partial charge in [0.15, 0.2) is 0 Å². The van der Waals surface area contributed by atoms with Crippen LogP contribution in [0, 0.1) is 5.41 Å². The predicted octanol–water partition coefficient (Wildman–Crippen LogP) is 2.36. The summed E-state index contributed by atoms with van der Waals surface area (Å²) in [5, 5.41) is 8.25. The van der Waals surface area contributed by atoms with E-state index in [4.69, 9.17) is 5.11 Å². The summed E-state index contributed by atoms with van der Waals surface area (Å²) in [6, 6.07) is 0.961. The molecule has 3 atom stereocenters. The first kappa shape index (κ1) is 12.5. The van der Waals surface area contributed by atoms with E-state index >= 15 is 0 Å². The van der Waals surface area contributed by atoms with Gasteiger partial charge in [-0.1, -0.05) is 0 Å².